The van der Waals surface area contributed by atoms with Crippen LogP contribution in [-0.4, -0.2) is 96.7 Å². The Balaban J connectivity index is 5.26. The molecule has 0 bridgehead atoms. The van der Waals surface area contributed by atoms with Crippen LogP contribution >= 0.6 is 15.6 Å². The van der Waals surface area contributed by atoms with Crippen molar-refractivity contribution < 1.29 is 80.2 Å². The predicted octanol–water partition coefficient (Wildman–Crippen LogP) is 20.4. The molecule has 534 valence electrons. The van der Waals surface area contributed by atoms with Gasteiger partial charge in [-0.25, -0.2) is 9.13 Å². The average molecular weight is 1330 g/mol. The number of phosphoric acid groups is 2. The van der Waals surface area contributed by atoms with Gasteiger partial charge in [0, 0.05) is 25.7 Å². The molecule has 5 atom stereocenters. The molecule has 0 amide bonds. The van der Waals surface area contributed by atoms with Crippen molar-refractivity contribution in [3.63, 3.8) is 0 Å². The number of hydrogen-bond donors (Lipinski definition) is 3. The topological polar surface area (TPSA) is 237 Å². The van der Waals surface area contributed by atoms with Gasteiger partial charge >= 0.3 is 39.5 Å². The standard InChI is InChI=1S/C71H138O17P2/c1-7-9-11-13-15-17-19-21-22-24-30-38-44-50-56-71(76)87-66(59-81-68(73)53-47-41-35-28-26-25-27-33-39-45-51-63(3)4)61-85-89(77,78)83-57-65(72)58-84-90(79,80)86-62-67(60-82-69(74)54-48-42-36-32-31-34-40-46-52-64(5)6)88-70(75)55-49-43-37-29-23-20-18-16-14-12-10-8-2/h63-67,72H,7-62H2,1-6H3,(H,77,78)(H,79,80)/t65-,66-,67-/m1/s1. The van der Waals surface area contributed by atoms with E-state index in [4.69, 9.17) is 37.0 Å². The summed E-state index contributed by atoms with van der Waals surface area (Å²) in [6, 6.07) is 0. The number of aliphatic hydroxyl groups excluding tert-OH is 1. The summed E-state index contributed by atoms with van der Waals surface area (Å²) in [5, 5.41) is 10.6. The van der Waals surface area contributed by atoms with E-state index in [-0.39, 0.29) is 25.7 Å². The van der Waals surface area contributed by atoms with Gasteiger partial charge in [-0.15, -0.1) is 0 Å². The second-order valence-electron chi connectivity index (χ2n) is 26.6. The molecule has 19 heteroatoms. The van der Waals surface area contributed by atoms with Crippen LogP contribution in [0.2, 0.25) is 0 Å². The molecule has 0 aromatic heterocycles. The highest BCUT2D eigenvalue weighted by Crippen LogP contribution is 2.45. The number of hydrogen-bond acceptors (Lipinski definition) is 15. The fourth-order valence-corrected chi connectivity index (χ4v) is 12.3. The molecule has 0 rings (SSSR count). The van der Waals surface area contributed by atoms with Gasteiger partial charge in [-0.1, -0.05) is 311 Å². The molecule has 0 aromatic carbocycles. The van der Waals surface area contributed by atoms with Gasteiger partial charge in [-0.2, -0.15) is 0 Å². The van der Waals surface area contributed by atoms with Crippen molar-refractivity contribution in [2.45, 2.75) is 381 Å². The number of phosphoric ester groups is 2. The van der Waals surface area contributed by atoms with Crippen LogP contribution < -0.4 is 0 Å². The first-order chi connectivity index (χ1) is 43.4. The van der Waals surface area contributed by atoms with Crippen molar-refractivity contribution in [2.24, 2.45) is 11.8 Å². The Bertz CT molecular complexity index is 1750. The van der Waals surface area contributed by atoms with E-state index in [1.54, 1.807) is 0 Å². The lowest BCUT2D eigenvalue weighted by molar-refractivity contribution is -0.161. The first-order valence-electron chi connectivity index (χ1n) is 37.0. The Hall–Kier alpha value is -1.94. The largest absolute Gasteiger partial charge is 0.472 e. The molecule has 0 aliphatic rings. The second-order valence-corrected chi connectivity index (χ2v) is 29.5. The van der Waals surface area contributed by atoms with Crippen LogP contribution in [-0.2, 0) is 65.4 Å². The summed E-state index contributed by atoms with van der Waals surface area (Å²) in [5.74, 6) is -0.635. The monoisotopic (exact) mass is 1320 g/mol. The summed E-state index contributed by atoms with van der Waals surface area (Å²) in [6.45, 7) is 9.52. The molecular weight excluding hydrogens is 1190 g/mol. The van der Waals surface area contributed by atoms with Crippen LogP contribution in [0.15, 0.2) is 0 Å². The summed E-state index contributed by atoms with van der Waals surface area (Å²) >= 11 is 0. The molecule has 0 aromatic rings. The van der Waals surface area contributed by atoms with Gasteiger partial charge in [-0.05, 0) is 37.5 Å². The lowest BCUT2D eigenvalue weighted by atomic mass is 10.0. The van der Waals surface area contributed by atoms with Crippen molar-refractivity contribution in [3.8, 4) is 0 Å². The third-order valence-electron chi connectivity index (χ3n) is 16.5. The zero-order valence-corrected chi connectivity index (χ0v) is 60.2. The van der Waals surface area contributed by atoms with E-state index in [0.29, 0.717) is 25.7 Å². The van der Waals surface area contributed by atoms with Crippen LogP contribution in [0.3, 0.4) is 0 Å². The quantitative estimate of drug-likeness (QED) is 0.0222. The highest BCUT2D eigenvalue weighted by molar-refractivity contribution is 7.47. The van der Waals surface area contributed by atoms with E-state index in [1.807, 2.05) is 0 Å². The molecule has 0 radical (unpaired) electrons. The Morgan fingerprint density at radius 2 is 0.511 bits per heavy atom. The molecule has 17 nitrogen and oxygen atoms in total. The van der Waals surface area contributed by atoms with Crippen molar-refractivity contribution in [1.29, 1.82) is 0 Å². The summed E-state index contributed by atoms with van der Waals surface area (Å²) in [6.07, 6.45) is 48.4. The van der Waals surface area contributed by atoms with Crippen molar-refractivity contribution in [3.05, 3.63) is 0 Å². The number of aliphatic hydroxyl groups is 1. The Morgan fingerprint density at radius 3 is 0.756 bits per heavy atom. The molecule has 0 heterocycles. The van der Waals surface area contributed by atoms with Gasteiger partial charge in [0.25, 0.3) is 0 Å². The van der Waals surface area contributed by atoms with E-state index >= 15 is 0 Å². The summed E-state index contributed by atoms with van der Waals surface area (Å²) in [7, 11) is -9.90. The first kappa shape index (κ1) is 88.1. The number of esters is 4. The van der Waals surface area contributed by atoms with E-state index in [0.717, 1.165) is 102 Å². The van der Waals surface area contributed by atoms with Crippen LogP contribution in [0, 0.1) is 11.8 Å². The normalized spacial score (nSPS) is 14.1. The minimum Gasteiger partial charge on any atom is -0.462 e. The van der Waals surface area contributed by atoms with Crippen LogP contribution in [0.4, 0.5) is 0 Å². The molecule has 2 unspecified atom stereocenters. The Labute approximate surface area is 549 Å². The minimum atomic E-state index is -4.95. The van der Waals surface area contributed by atoms with E-state index < -0.39 is 97.5 Å². The van der Waals surface area contributed by atoms with Crippen molar-refractivity contribution >= 4 is 39.5 Å². The molecule has 0 aliphatic heterocycles. The number of carbonyl (C=O) groups is 4. The molecular formula is C71H138O17P2. The summed E-state index contributed by atoms with van der Waals surface area (Å²) in [4.78, 5) is 72.6. The number of unbranched alkanes of at least 4 members (excludes halogenated alkanes) is 40. The van der Waals surface area contributed by atoms with Gasteiger partial charge in [0.2, 0.25) is 0 Å². The second kappa shape index (κ2) is 63.1. The molecule has 3 N–H and O–H groups in total. The zero-order chi connectivity index (χ0) is 66.5. The lowest BCUT2D eigenvalue weighted by Crippen LogP contribution is -2.30. The van der Waals surface area contributed by atoms with Crippen molar-refractivity contribution in [1.82, 2.24) is 0 Å². The molecule has 0 saturated heterocycles. The van der Waals surface area contributed by atoms with Gasteiger partial charge < -0.3 is 33.8 Å². The maximum absolute atomic E-state index is 13.0. The van der Waals surface area contributed by atoms with E-state index in [1.165, 1.54) is 180 Å². The fourth-order valence-electron chi connectivity index (χ4n) is 10.8. The molecule has 0 fully saturated rings. The molecule has 90 heavy (non-hydrogen) atoms. The summed E-state index contributed by atoms with van der Waals surface area (Å²) in [5.41, 5.74) is 0. The zero-order valence-electron chi connectivity index (χ0n) is 58.4. The Morgan fingerprint density at radius 1 is 0.300 bits per heavy atom. The van der Waals surface area contributed by atoms with Gasteiger partial charge in [0.05, 0.1) is 26.4 Å². The molecule has 0 aliphatic carbocycles. The van der Waals surface area contributed by atoms with Crippen LogP contribution in [0.1, 0.15) is 363 Å². The predicted molar refractivity (Wildman–Crippen MR) is 363 cm³/mol. The highest BCUT2D eigenvalue weighted by Gasteiger charge is 2.30. The smallest absolute Gasteiger partial charge is 0.462 e. The average Bonchev–Trinajstić information content (AvgIpc) is 3.68. The van der Waals surface area contributed by atoms with Crippen LogP contribution in [0.5, 0.6) is 0 Å². The van der Waals surface area contributed by atoms with Crippen LogP contribution in [0.25, 0.3) is 0 Å². The third kappa shape index (κ3) is 64.8. The maximum Gasteiger partial charge on any atom is 0.472 e. The van der Waals surface area contributed by atoms with E-state index in [9.17, 15) is 43.2 Å². The number of rotatable bonds is 70. The highest BCUT2D eigenvalue weighted by atomic mass is 31.2. The lowest BCUT2D eigenvalue weighted by Gasteiger charge is -2.21. The van der Waals surface area contributed by atoms with Gasteiger partial charge in [0.15, 0.2) is 12.2 Å². The number of ether oxygens (including phenoxy) is 4. The van der Waals surface area contributed by atoms with Gasteiger partial charge in [0.1, 0.15) is 19.3 Å². The fraction of sp³-hybridized carbons (Fsp3) is 0.944. The summed E-state index contributed by atoms with van der Waals surface area (Å²) < 4.78 is 68.3. The van der Waals surface area contributed by atoms with Gasteiger partial charge in [-0.3, -0.25) is 37.3 Å². The first-order valence-corrected chi connectivity index (χ1v) is 40.0. The molecule has 0 spiro atoms. The third-order valence-corrected chi connectivity index (χ3v) is 18.4. The minimum absolute atomic E-state index is 0.107. The maximum atomic E-state index is 13.0. The van der Waals surface area contributed by atoms with Crippen molar-refractivity contribution in [2.75, 3.05) is 39.6 Å². The number of carbonyl (C=O) groups excluding carboxylic acids is 4. The SMILES string of the molecule is CCCCCCCCCCCCCCCCC(=O)O[C@H](COC(=O)CCCCCCCCCCCCC(C)C)COP(=O)(O)OC[C@@H](O)COP(=O)(O)OC[C@@H](COC(=O)CCCCCCCCCCC(C)C)OC(=O)CCCCCCCCCCCCCC. The Kier molecular flexibility index (Phi) is 61.8. The molecule has 0 saturated carbocycles. The van der Waals surface area contributed by atoms with E-state index in [2.05, 4.69) is 41.5 Å².